The first-order valence-electron chi connectivity index (χ1n) is 10.6. The fraction of sp³-hybridized carbons (Fsp3) is 0.115. The standard InChI is InChI=1S/C26H19Cl2NO5S/c1-2-33-22-13-16(9-11-21(22)34-25(31)18-6-4-3-5-7-18)14-23-24(30)29(26(32)35-23)15-17-8-10-19(27)20(28)12-17/h3-14H,2,15H2,1H3/b23-14-. The van der Waals surface area contributed by atoms with Crippen LogP contribution in [-0.2, 0) is 11.3 Å². The first-order chi connectivity index (χ1) is 16.9. The van der Waals surface area contributed by atoms with Crippen LogP contribution in [0.25, 0.3) is 6.08 Å². The van der Waals surface area contributed by atoms with Crippen LogP contribution >= 0.6 is 35.0 Å². The van der Waals surface area contributed by atoms with E-state index < -0.39 is 11.9 Å². The van der Waals surface area contributed by atoms with Crippen LogP contribution in [0, 0.1) is 0 Å². The Balaban J connectivity index is 1.53. The number of nitrogens with zero attached hydrogens (tertiary/aromatic N) is 1. The van der Waals surface area contributed by atoms with Gasteiger partial charge in [0, 0.05) is 0 Å². The SMILES string of the molecule is CCOc1cc(/C=C2\SC(=O)N(Cc3ccc(Cl)c(Cl)c3)C2=O)ccc1OC(=O)c1ccccc1. The minimum absolute atomic E-state index is 0.0808. The summed E-state index contributed by atoms with van der Waals surface area (Å²) in [4.78, 5) is 39.3. The predicted octanol–water partition coefficient (Wildman–Crippen LogP) is 6.85. The largest absolute Gasteiger partial charge is 0.490 e. The van der Waals surface area contributed by atoms with Gasteiger partial charge in [-0.15, -0.1) is 0 Å². The molecule has 0 N–H and O–H groups in total. The highest BCUT2D eigenvalue weighted by Crippen LogP contribution is 2.36. The zero-order valence-corrected chi connectivity index (χ0v) is 20.8. The summed E-state index contributed by atoms with van der Waals surface area (Å²) in [5, 5.41) is 0.362. The summed E-state index contributed by atoms with van der Waals surface area (Å²) in [6.07, 6.45) is 1.60. The molecule has 0 aromatic heterocycles. The predicted molar refractivity (Wildman–Crippen MR) is 137 cm³/mol. The van der Waals surface area contributed by atoms with Gasteiger partial charge in [-0.3, -0.25) is 14.5 Å². The first-order valence-corrected chi connectivity index (χ1v) is 12.2. The third-order valence-electron chi connectivity index (χ3n) is 4.98. The van der Waals surface area contributed by atoms with Gasteiger partial charge in [0.1, 0.15) is 0 Å². The van der Waals surface area contributed by atoms with E-state index in [2.05, 4.69) is 0 Å². The Morgan fingerprint density at radius 2 is 1.74 bits per heavy atom. The molecule has 1 saturated heterocycles. The number of carbonyl (C=O) groups excluding carboxylic acids is 3. The van der Waals surface area contributed by atoms with Crippen molar-refractivity contribution in [1.82, 2.24) is 4.90 Å². The third-order valence-corrected chi connectivity index (χ3v) is 6.62. The molecule has 0 aliphatic carbocycles. The van der Waals surface area contributed by atoms with Crippen molar-refractivity contribution in [3.05, 3.63) is 98.4 Å². The topological polar surface area (TPSA) is 72.9 Å². The Kier molecular flexibility index (Phi) is 7.80. The lowest BCUT2D eigenvalue weighted by Gasteiger charge is -2.13. The van der Waals surface area contributed by atoms with Gasteiger partial charge in [-0.1, -0.05) is 53.5 Å². The maximum Gasteiger partial charge on any atom is 0.343 e. The summed E-state index contributed by atoms with van der Waals surface area (Å²) >= 11 is 12.8. The fourth-order valence-electron chi connectivity index (χ4n) is 3.31. The number of halogens is 2. The van der Waals surface area contributed by atoms with Crippen molar-refractivity contribution in [2.24, 2.45) is 0 Å². The lowest BCUT2D eigenvalue weighted by Crippen LogP contribution is -2.27. The molecule has 0 bridgehead atoms. The summed E-state index contributed by atoms with van der Waals surface area (Å²) in [5.74, 6) is -0.322. The lowest BCUT2D eigenvalue weighted by molar-refractivity contribution is -0.123. The molecular weight excluding hydrogens is 509 g/mol. The molecule has 1 fully saturated rings. The van der Waals surface area contributed by atoms with E-state index in [1.54, 1.807) is 66.7 Å². The molecule has 4 rings (SSSR count). The van der Waals surface area contributed by atoms with Crippen molar-refractivity contribution < 1.29 is 23.9 Å². The minimum atomic E-state index is -0.511. The number of benzene rings is 3. The average Bonchev–Trinajstić information content (AvgIpc) is 3.11. The number of amides is 2. The van der Waals surface area contributed by atoms with Gasteiger partial charge >= 0.3 is 5.97 Å². The van der Waals surface area contributed by atoms with Gasteiger partial charge in [0.2, 0.25) is 0 Å². The lowest BCUT2D eigenvalue weighted by atomic mass is 10.1. The highest BCUT2D eigenvalue weighted by molar-refractivity contribution is 8.18. The molecule has 3 aromatic carbocycles. The van der Waals surface area contributed by atoms with Crippen LogP contribution in [0.5, 0.6) is 11.5 Å². The number of rotatable bonds is 7. The van der Waals surface area contributed by atoms with Gasteiger partial charge in [-0.2, -0.15) is 0 Å². The molecule has 35 heavy (non-hydrogen) atoms. The van der Waals surface area contributed by atoms with Gasteiger partial charge in [0.15, 0.2) is 11.5 Å². The van der Waals surface area contributed by atoms with Gasteiger partial charge in [0.25, 0.3) is 11.1 Å². The number of ether oxygens (including phenoxy) is 2. The molecule has 0 atom stereocenters. The molecular formula is C26H19Cl2NO5S. The zero-order valence-electron chi connectivity index (χ0n) is 18.5. The van der Waals surface area contributed by atoms with E-state index in [-0.39, 0.29) is 22.4 Å². The van der Waals surface area contributed by atoms with E-state index in [4.69, 9.17) is 32.7 Å². The van der Waals surface area contributed by atoms with E-state index in [0.717, 1.165) is 16.7 Å². The zero-order chi connectivity index (χ0) is 24.9. The molecule has 3 aromatic rings. The highest BCUT2D eigenvalue weighted by Gasteiger charge is 2.35. The highest BCUT2D eigenvalue weighted by atomic mass is 35.5. The fourth-order valence-corrected chi connectivity index (χ4v) is 4.47. The second-order valence-corrected chi connectivity index (χ2v) is 9.22. The maximum absolute atomic E-state index is 12.9. The van der Waals surface area contributed by atoms with Crippen LogP contribution in [0.3, 0.4) is 0 Å². The molecule has 9 heteroatoms. The van der Waals surface area contributed by atoms with E-state index in [1.165, 1.54) is 0 Å². The minimum Gasteiger partial charge on any atom is -0.490 e. The van der Waals surface area contributed by atoms with Crippen molar-refractivity contribution in [2.75, 3.05) is 6.61 Å². The van der Waals surface area contributed by atoms with E-state index in [1.807, 2.05) is 13.0 Å². The number of hydrogen-bond acceptors (Lipinski definition) is 6. The Morgan fingerprint density at radius 1 is 0.971 bits per heavy atom. The van der Waals surface area contributed by atoms with Crippen molar-refractivity contribution in [3.63, 3.8) is 0 Å². The van der Waals surface area contributed by atoms with E-state index in [9.17, 15) is 14.4 Å². The number of esters is 1. The quantitative estimate of drug-likeness (QED) is 0.190. The molecule has 2 amide bonds. The Hall–Kier alpha value is -3.26. The molecule has 0 spiro atoms. The summed E-state index contributed by atoms with van der Waals surface area (Å²) in [5.41, 5.74) is 1.72. The van der Waals surface area contributed by atoms with Crippen LogP contribution in [-0.4, -0.2) is 28.6 Å². The van der Waals surface area contributed by atoms with Gasteiger partial charge in [-0.05, 0) is 72.3 Å². The summed E-state index contributed by atoms with van der Waals surface area (Å²) in [6, 6.07) is 18.5. The molecule has 0 unspecified atom stereocenters. The Labute approximate surface area is 216 Å². The molecule has 1 aliphatic rings. The van der Waals surface area contributed by atoms with Crippen molar-refractivity contribution in [1.29, 1.82) is 0 Å². The van der Waals surface area contributed by atoms with Crippen LogP contribution in [0.15, 0.2) is 71.6 Å². The molecule has 178 valence electrons. The first kappa shape index (κ1) is 24.9. The van der Waals surface area contributed by atoms with Crippen molar-refractivity contribution in [3.8, 4) is 11.5 Å². The molecule has 0 radical (unpaired) electrons. The van der Waals surface area contributed by atoms with E-state index in [0.29, 0.717) is 39.1 Å². The summed E-state index contributed by atoms with van der Waals surface area (Å²) in [7, 11) is 0. The van der Waals surface area contributed by atoms with Crippen molar-refractivity contribution in [2.45, 2.75) is 13.5 Å². The number of carbonyl (C=O) groups is 3. The van der Waals surface area contributed by atoms with Crippen molar-refractivity contribution >= 4 is 58.2 Å². The smallest absolute Gasteiger partial charge is 0.343 e. The maximum atomic E-state index is 12.9. The van der Waals surface area contributed by atoms with Crippen LogP contribution < -0.4 is 9.47 Å². The van der Waals surface area contributed by atoms with E-state index >= 15 is 0 Å². The number of hydrogen-bond donors (Lipinski definition) is 0. The normalized spacial score (nSPS) is 14.5. The van der Waals surface area contributed by atoms with Gasteiger partial charge in [-0.25, -0.2) is 4.79 Å². The van der Waals surface area contributed by atoms with Gasteiger partial charge < -0.3 is 9.47 Å². The molecule has 6 nitrogen and oxygen atoms in total. The Morgan fingerprint density at radius 3 is 2.46 bits per heavy atom. The molecule has 1 heterocycles. The molecule has 1 aliphatic heterocycles. The second-order valence-electron chi connectivity index (χ2n) is 7.41. The summed E-state index contributed by atoms with van der Waals surface area (Å²) in [6.45, 7) is 2.24. The summed E-state index contributed by atoms with van der Waals surface area (Å²) < 4.78 is 11.2. The van der Waals surface area contributed by atoms with Crippen LogP contribution in [0.2, 0.25) is 10.0 Å². The van der Waals surface area contributed by atoms with Crippen LogP contribution in [0.1, 0.15) is 28.4 Å². The second kappa shape index (κ2) is 11.0. The Bertz CT molecular complexity index is 1330. The van der Waals surface area contributed by atoms with Gasteiger partial charge in [0.05, 0.1) is 33.7 Å². The number of thioether (sulfide) groups is 1. The van der Waals surface area contributed by atoms with Crippen LogP contribution in [0.4, 0.5) is 4.79 Å². The monoisotopic (exact) mass is 527 g/mol. The number of imide groups is 1. The average molecular weight is 528 g/mol. The molecule has 0 saturated carbocycles. The third kappa shape index (κ3) is 5.88.